The highest BCUT2D eigenvalue weighted by Gasteiger charge is 2.24. The first kappa shape index (κ1) is 33.5. The van der Waals surface area contributed by atoms with Gasteiger partial charge in [0.1, 0.15) is 5.82 Å². The second-order valence-electron chi connectivity index (χ2n) is 12.2. The number of aryl methyl sites for hydroxylation is 2. The number of hydrogen-bond donors (Lipinski definition) is 2. The smallest absolute Gasteiger partial charge is 0.251 e. The fourth-order valence-corrected chi connectivity index (χ4v) is 4.79. The number of halogens is 1. The maximum Gasteiger partial charge on any atom is 0.251 e. The highest BCUT2D eigenvalue weighted by molar-refractivity contribution is 5.95. The zero-order valence-corrected chi connectivity index (χ0v) is 25.8. The summed E-state index contributed by atoms with van der Waals surface area (Å²) in [7, 11) is 0. The molecule has 222 valence electrons. The molecule has 2 aromatic carbocycles. The van der Waals surface area contributed by atoms with Gasteiger partial charge in [-0.1, -0.05) is 47.3 Å². The summed E-state index contributed by atoms with van der Waals surface area (Å²) in [5.41, 5.74) is 4.99. The lowest BCUT2D eigenvalue weighted by Crippen LogP contribution is -2.45. The Morgan fingerprint density at radius 2 is 1.62 bits per heavy atom. The van der Waals surface area contributed by atoms with E-state index in [1.807, 2.05) is 38.1 Å². The largest absolute Gasteiger partial charge is 0.391 e. The van der Waals surface area contributed by atoms with E-state index in [2.05, 4.69) is 51.4 Å². The van der Waals surface area contributed by atoms with Gasteiger partial charge in [-0.3, -0.25) is 4.79 Å². The molecule has 0 aromatic heterocycles. The lowest BCUT2D eigenvalue weighted by atomic mass is 9.93. The van der Waals surface area contributed by atoms with E-state index in [9.17, 15) is 14.3 Å². The number of hydrogen-bond acceptors (Lipinski definition) is 4. The Kier molecular flexibility index (Phi) is 13.3. The van der Waals surface area contributed by atoms with Crippen LogP contribution in [0.3, 0.4) is 0 Å². The molecular weight excluding hydrogens is 503 g/mol. The van der Waals surface area contributed by atoms with E-state index in [0.717, 1.165) is 60.3 Å². The Morgan fingerprint density at radius 1 is 1.00 bits per heavy atom. The van der Waals surface area contributed by atoms with Gasteiger partial charge < -0.3 is 20.1 Å². The van der Waals surface area contributed by atoms with E-state index in [0.29, 0.717) is 31.6 Å². The number of aliphatic hydroxyl groups is 1. The summed E-state index contributed by atoms with van der Waals surface area (Å²) in [5.74, 6) is -0.605. The van der Waals surface area contributed by atoms with Gasteiger partial charge in [-0.05, 0) is 104 Å². The minimum absolute atomic E-state index is 0.173. The molecule has 5 nitrogen and oxygen atoms in total. The molecule has 0 fully saturated rings. The van der Waals surface area contributed by atoms with Crippen LogP contribution >= 0.6 is 0 Å². The second kappa shape index (κ2) is 15.9. The number of nitrogens with one attached hydrogen (secondary N) is 1. The lowest BCUT2D eigenvalue weighted by molar-refractivity contribution is 0.0503. The van der Waals surface area contributed by atoms with Crippen molar-refractivity contribution in [3.8, 4) is 0 Å². The van der Waals surface area contributed by atoms with E-state index < -0.39 is 12.1 Å². The van der Waals surface area contributed by atoms with Crippen LogP contribution < -0.4 is 5.32 Å². The predicted molar refractivity (Wildman–Crippen MR) is 164 cm³/mol. The molecule has 0 aliphatic heterocycles. The van der Waals surface area contributed by atoms with E-state index in [-0.39, 0.29) is 17.1 Å². The van der Waals surface area contributed by atoms with E-state index in [1.165, 1.54) is 12.1 Å². The van der Waals surface area contributed by atoms with Gasteiger partial charge in [0.2, 0.25) is 0 Å². The maximum absolute atomic E-state index is 14.1. The van der Waals surface area contributed by atoms with Gasteiger partial charge in [0.05, 0.1) is 12.1 Å². The van der Waals surface area contributed by atoms with Crippen LogP contribution in [0, 0.1) is 25.1 Å². The molecule has 0 saturated heterocycles. The zero-order chi connectivity index (χ0) is 29.9. The lowest BCUT2D eigenvalue weighted by Gasteiger charge is -2.27. The van der Waals surface area contributed by atoms with Crippen LogP contribution in [0.4, 0.5) is 4.39 Å². The van der Waals surface area contributed by atoms with E-state index in [1.54, 1.807) is 0 Å². The van der Waals surface area contributed by atoms with Crippen LogP contribution in [-0.2, 0) is 11.2 Å². The summed E-state index contributed by atoms with van der Waals surface area (Å²) in [6.07, 6.45) is 2.75. The molecule has 0 unspecified atom stereocenters. The summed E-state index contributed by atoms with van der Waals surface area (Å²) >= 11 is 0. The molecule has 2 atom stereocenters. The van der Waals surface area contributed by atoms with Crippen LogP contribution in [0.2, 0.25) is 0 Å². The topological polar surface area (TPSA) is 61.8 Å². The van der Waals surface area contributed by atoms with Crippen molar-refractivity contribution in [3.63, 3.8) is 0 Å². The first-order chi connectivity index (χ1) is 18.8. The van der Waals surface area contributed by atoms with Crippen molar-refractivity contribution >= 4 is 11.6 Å². The minimum Gasteiger partial charge on any atom is -0.391 e. The van der Waals surface area contributed by atoms with Gasteiger partial charge in [-0.2, -0.15) is 0 Å². The van der Waals surface area contributed by atoms with Crippen molar-refractivity contribution in [1.82, 2.24) is 10.2 Å². The minimum atomic E-state index is -0.856. The van der Waals surface area contributed by atoms with E-state index >= 15 is 0 Å². The first-order valence-corrected chi connectivity index (χ1v) is 14.7. The average Bonchev–Trinajstić information content (AvgIpc) is 2.85. The Balaban J connectivity index is 2.23. The Hall–Kier alpha value is -2.70. The Labute approximate surface area is 241 Å². The number of amides is 1. The molecule has 2 aromatic rings. The number of rotatable bonds is 16. The van der Waals surface area contributed by atoms with Crippen molar-refractivity contribution in [2.75, 3.05) is 26.3 Å². The summed E-state index contributed by atoms with van der Waals surface area (Å²) < 4.78 is 19.9. The SMILES string of the molecule is C=C(c1cc(C)cc(C(=O)N[C@@H](Cc2cc(C)cc(F)c2)[C@@H](O)CCOCCC(C)(C)C)c1)N(CCC)CCC. The fraction of sp³-hybridized carbons (Fsp3) is 0.559. The second-order valence-corrected chi connectivity index (χ2v) is 12.2. The molecule has 0 radical (unpaired) electrons. The number of aliphatic hydroxyl groups excluding tert-OH is 1. The molecule has 40 heavy (non-hydrogen) atoms. The monoisotopic (exact) mass is 554 g/mol. The molecule has 0 bridgehead atoms. The molecule has 2 rings (SSSR count). The number of nitrogens with zero attached hydrogens (tertiary/aromatic N) is 1. The molecule has 0 aliphatic rings. The Bertz CT molecular complexity index is 1080. The molecule has 0 saturated carbocycles. The van der Waals surface area contributed by atoms with Crippen molar-refractivity contribution in [1.29, 1.82) is 0 Å². The van der Waals surface area contributed by atoms with Crippen LogP contribution in [0.25, 0.3) is 5.70 Å². The first-order valence-electron chi connectivity index (χ1n) is 14.7. The number of benzene rings is 2. The third-order valence-corrected chi connectivity index (χ3v) is 6.93. The maximum atomic E-state index is 14.1. The molecule has 0 aliphatic carbocycles. The van der Waals surface area contributed by atoms with Gasteiger partial charge in [0.15, 0.2) is 0 Å². The van der Waals surface area contributed by atoms with E-state index in [4.69, 9.17) is 4.74 Å². The summed E-state index contributed by atoms with van der Waals surface area (Å²) in [6, 6.07) is 9.98. The molecule has 2 N–H and O–H groups in total. The predicted octanol–water partition coefficient (Wildman–Crippen LogP) is 7.08. The molecule has 0 spiro atoms. The summed E-state index contributed by atoms with van der Waals surface area (Å²) in [5, 5.41) is 14.2. The van der Waals surface area contributed by atoms with Crippen LogP contribution in [0.1, 0.15) is 92.9 Å². The number of carbonyl (C=O) groups is 1. The van der Waals surface area contributed by atoms with Crippen LogP contribution in [0.5, 0.6) is 0 Å². The third-order valence-electron chi connectivity index (χ3n) is 6.93. The highest BCUT2D eigenvalue weighted by Crippen LogP contribution is 2.22. The van der Waals surface area contributed by atoms with Crippen molar-refractivity contribution in [2.24, 2.45) is 5.41 Å². The normalized spacial score (nSPS) is 13.1. The molecule has 0 heterocycles. The van der Waals surface area contributed by atoms with Crippen molar-refractivity contribution < 1.29 is 19.0 Å². The van der Waals surface area contributed by atoms with Gasteiger partial charge in [-0.15, -0.1) is 0 Å². The molecular formula is C34H51FN2O3. The van der Waals surface area contributed by atoms with Gasteiger partial charge in [0.25, 0.3) is 5.91 Å². The Morgan fingerprint density at radius 3 is 2.23 bits per heavy atom. The fourth-order valence-electron chi connectivity index (χ4n) is 4.79. The average molecular weight is 555 g/mol. The molecule has 6 heteroatoms. The van der Waals surface area contributed by atoms with Crippen LogP contribution in [-0.4, -0.2) is 54.4 Å². The number of carbonyl (C=O) groups excluding carboxylic acids is 1. The van der Waals surface area contributed by atoms with Gasteiger partial charge >= 0.3 is 0 Å². The highest BCUT2D eigenvalue weighted by atomic mass is 19.1. The zero-order valence-electron chi connectivity index (χ0n) is 25.8. The quantitative estimate of drug-likeness (QED) is 0.218. The summed E-state index contributed by atoms with van der Waals surface area (Å²) in [4.78, 5) is 15.8. The number of ether oxygens (including phenoxy) is 1. The van der Waals surface area contributed by atoms with Crippen LogP contribution in [0.15, 0.2) is 43.0 Å². The van der Waals surface area contributed by atoms with Crippen molar-refractivity contribution in [2.45, 2.75) is 92.7 Å². The summed E-state index contributed by atoms with van der Waals surface area (Å²) in [6.45, 7) is 21.7. The van der Waals surface area contributed by atoms with Gasteiger partial charge in [0, 0.05) is 37.6 Å². The standard InChI is InChI=1S/C34H51FN2O3/c1-9-13-37(14-10-2)26(5)28-18-25(4)19-29(23-28)33(39)36-31(22-27-17-24(3)20-30(35)21-27)32(38)11-15-40-16-12-34(6,7)8/h17-21,23,31-32,38H,5,9-16,22H2,1-4,6-8H3,(H,36,39)/t31-,32-/m0/s1. The molecule has 1 amide bonds. The third kappa shape index (κ3) is 11.4. The van der Waals surface area contributed by atoms with Crippen molar-refractivity contribution in [3.05, 3.63) is 76.6 Å². The van der Waals surface area contributed by atoms with Gasteiger partial charge in [-0.25, -0.2) is 4.39 Å².